The predicted molar refractivity (Wildman–Crippen MR) is 43.1 cm³/mol. The molecule has 0 aliphatic heterocycles. The quantitative estimate of drug-likeness (QED) is 0.641. The summed E-state index contributed by atoms with van der Waals surface area (Å²) in [5.74, 6) is -0.403. The van der Waals surface area contributed by atoms with Crippen molar-refractivity contribution in [2.75, 3.05) is 0 Å². The summed E-state index contributed by atoms with van der Waals surface area (Å²) in [4.78, 5) is 14.4. The summed E-state index contributed by atoms with van der Waals surface area (Å²) in [5.41, 5.74) is 6.32. The minimum atomic E-state index is -0.403. The first-order valence-electron chi connectivity index (χ1n) is 3.55. The lowest BCUT2D eigenvalue weighted by Crippen LogP contribution is -2.14. The third kappa shape index (κ3) is 2.32. The van der Waals surface area contributed by atoms with Gasteiger partial charge in [-0.1, -0.05) is 6.07 Å². The van der Waals surface area contributed by atoms with Crippen LogP contribution in [0.5, 0.6) is 0 Å². The van der Waals surface area contributed by atoms with Gasteiger partial charge in [-0.15, -0.1) is 0 Å². The molecule has 0 aromatic carbocycles. The summed E-state index contributed by atoms with van der Waals surface area (Å²) < 4.78 is 0. The van der Waals surface area contributed by atoms with Crippen molar-refractivity contribution < 1.29 is 9.90 Å². The number of nitrogens with zero attached hydrogens (tertiary/aromatic N) is 1. The van der Waals surface area contributed by atoms with E-state index in [1.54, 1.807) is 12.1 Å². The highest BCUT2D eigenvalue weighted by Gasteiger charge is 1.98. The third-order valence-corrected chi connectivity index (χ3v) is 1.42. The number of rotatable bonds is 3. The van der Waals surface area contributed by atoms with Crippen LogP contribution < -0.4 is 5.73 Å². The van der Waals surface area contributed by atoms with E-state index in [0.717, 1.165) is 5.56 Å². The lowest BCUT2D eigenvalue weighted by atomic mass is 10.2. The lowest BCUT2D eigenvalue weighted by Gasteiger charge is -1.97. The molecule has 4 heteroatoms. The Morgan fingerprint density at radius 1 is 1.58 bits per heavy atom. The monoisotopic (exact) mass is 166 g/mol. The maximum atomic E-state index is 10.5. The molecule has 0 saturated carbocycles. The van der Waals surface area contributed by atoms with E-state index in [0.29, 0.717) is 5.69 Å². The van der Waals surface area contributed by atoms with Crippen LogP contribution in [-0.4, -0.2) is 16.0 Å². The normalized spacial score (nSPS) is 9.75. The minimum absolute atomic E-state index is 0.0378. The number of amides is 1. The van der Waals surface area contributed by atoms with E-state index < -0.39 is 5.91 Å². The number of primary amides is 1. The Kier molecular flexibility index (Phi) is 2.76. The highest BCUT2D eigenvalue weighted by Crippen LogP contribution is 2.00. The number of pyridine rings is 1. The van der Waals surface area contributed by atoms with Crippen molar-refractivity contribution in [1.82, 2.24) is 4.98 Å². The smallest absolute Gasteiger partial charge is 0.223 e. The second-order valence-electron chi connectivity index (χ2n) is 2.46. The second-order valence-corrected chi connectivity index (χ2v) is 2.46. The average Bonchev–Trinajstić information content (AvgIpc) is 2.05. The van der Waals surface area contributed by atoms with Crippen molar-refractivity contribution in [2.45, 2.75) is 13.0 Å². The molecule has 12 heavy (non-hydrogen) atoms. The summed E-state index contributed by atoms with van der Waals surface area (Å²) in [7, 11) is 0. The van der Waals surface area contributed by atoms with Gasteiger partial charge in [0, 0.05) is 11.9 Å². The number of hydrogen-bond acceptors (Lipinski definition) is 3. The molecule has 0 spiro atoms. The maximum absolute atomic E-state index is 10.5. The molecule has 0 atom stereocenters. The van der Waals surface area contributed by atoms with Gasteiger partial charge in [0.05, 0.1) is 13.0 Å². The molecule has 1 amide bonds. The van der Waals surface area contributed by atoms with Crippen LogP contribution in [0.3, 0.4) is 0 Å². The van der Waals surface area contributed by atoms with E-state index in [1.807, 2.05) is 0 Å². The van der Waals surface area contributed by atoms with Crippen molar-refractivity contribution >= 4 is 5.91 Å². The number of carbonyl (C=O) groups is 1. The zero-order chi connectivity index (χ0) is 8.97. The molecule has 64 valence electrons. The van der Waals surface area contributed by atoms with Crippen LogP contribution in [-0.2, 0) is 17.8 Å². The van der Waals surface area contributed by atoms with Crippen LogP contribution >= 0.6 is 0 Å². The standard InChI is InChI=1S/C8H10N2O2/c9-8(12)3-7-2-1-6(5-11)4-10-7/h1-2,4,11H,3,5H2,(H2,9,12). The van der Waals surface area contributed by atoms with E-state index >= 15 is 0 Å². The van der Waals surface area contributed by atoms with Crippen molar-refractivity contribution in [3.8, 4) is 0 Å². The molecule has 0 bridgehead atoms. The van der Waals surface area contributed by atoms with Gasteiger partial charge in [-0.25, -0.2) is 0 Å². The molecule has 0 aliphatic rings. The Morgan fingerprint density at radius 2 is 2.33 bits per heavy atom. The largest absolute Gasteiger partial charge is 0.392 e. The molecule has 3 N–H and O–H groups in total. The minimum Gasteiger partial charge on any atom is -0.392 e. The van der Waals surface area contributed by atoms with Crippen molar-refractivity contribution in [3.05, 3.63) is 29.6 Å². The lowest BCUT2D eigenvalue weighted by molar-refractivity contribution is -0.117. The van der Waals surface area contributed by atoms with Gasteiger partial charge in [-0.2, -0.15) is 0 Å². The topological polar surface area (TPSA) is 76.2 Å². The first-order chi connectivity index (χ1) is 5.72. The van der Waals surface area contributed by atoms with Crippen LogP contribution in [0.1, 0.15) is 11.3 Å². The van der Waals surface area contributed by atoms with E-state index in [9.17, 15) is 4.79 Å². The van der Waals surface area contributed by atoms with E-state index in [1.165, 1.54) is 6.20 Å². The number of aliphatic hydroxyl groups excluding tert-OH is 1. The molecule has 0 unspecified atom stereocenters. The molecular weight excluding hydrogens is 156 g/mol. The van der Waals surface area contributed by atoms with Gasteiger partial charge in [0.15, 0.2) is 0 Å². The Morgan fingerprint density at radius 3 is 2.75 bits per heavy atom. The Labute approximate surface area is 70.0 Å². The summed E-state index contributed by atoms with van der Waals surface area (Å²) in [6.07, 6.45) is 1.67. The SMILES string of the molecule is NC(=O)Cc1ccc(CO)cn1. The fourth-order valence-corrected chi connectivity index (χ4v) is 0.832. The van der Waals surface area contributed by atoms with Crippen LogP contribution in [0.2, 0.25) is 0 Å². The highest BCUT2D eigenvalue weighted by molar-refractivity contribution is 5.76. The average molecular weight is 166 g/mol. The summed E-state index contributed by atoms with van der Waals surface area (Å²) >= 11 is 0. The van der Waals surface area contributed by atoms with Crippen molar-refractivity contribution in [3.63, 3.8) is 0 Å². The number of carbonyl (C=O) groups excluding carboxylic acids is 1. The fraction of sp³-hybridized carbons (Fsp3) is 0.250. The zero-order valence-electron chi connectivity index (χ0n) is 6.53. The number of aromatic nitrogens is 1. The van der Waals surface area contributed by atoms with Gasteiger partial charge < -0.3 is 10.8 Å². The van der Waals surface area contributed by atoms with Crippen LogP contribution in [0.25, 0.3) is 0 Å². The van der Waals surface area contributed by atoms with E-state index in [-0.39, 0.29) is 13.0 Å². The molecule has 0 aliphatic carbocycles. The number of hydrogen-bond donors (Lipinski definition) is 2. The maximum Gasteiger partial charge on any atom is 0.223 e. The van der Waals surface area contributed by atoms with Crippen LogP contribution in [0.15, 0.2) is 18.3 Å². The first kappa shape index (κ1) is 8.67. The second kappa shape index (κ2) is 3.82. The zero-order valence-corrected chi connectivity index (χ0v) is 6.53. The number of nitrogens with two attached hydrogens (primary N) is 1. The van der Waals surface area contributed by atoms with Gasteiger partial charge in [0.2, 0.25) is 5.91 Å². The van der Waals surface area contributed by atoms with Crippen LogP contribution in [0, 0.1) is 0 Å². The molecular formula is C8H10N2O2. The van der Waals surface area contributed by atoms with E-state index in [2.05, 4.69) is 4.98 Å². The third-order valence-electron chi connectivity index (χ3n) is 1.42. The van der Waals surface area contributed by atoms with Gasteiger partial charge in [-0.3, -0.25) is 9.78 Å². The predicted octanol–water partition coefficient (Wildman–Crippen LogP) is -0.398. The molecule has 0 radical (unpaired) electrons. The molecule has 1 aromatic heterocycles. The molecule has 1 aromatic rings. The van der Waals surface area contributed by atoms with Crippen LogP contribution in [0.4, 0.5) is 0 Å². The molecule has 1 rings (SSSR count). The molecule has 1 heterocycles. The number of aliphatic hydroxyl groups is 1. The summed E-state index contributed by atoms with van der Waals surface area (Å²) in [6, 6.07) is 3.39. The van der Waals surface area contributed by atoms with E-state index in [4.69, 9.17) is 10.8 Å². The Balaban J connectivity index is 2.71. The van der Waals surface area contributed by atoms with Crippen molar-refractivity contribution in [2.24, 2.45) is 5.73 Å². The van der Waals surface area contributed by atoms with Gasteiger partial charge in [-0.05, 0) is 11.6 Å². The molecule has 0 saturated heterocycles. The fourth-order valence-electron chi connectivity index (χ4n) is 0.832. The molecule has 0 fully saturated rings. The van der Waals surface area contributed by atoms with Crippen molar-refractivity contribution in [1.29, 1.82) is 0 Å². The first-order valence-corrected chi connectivity index (χ1v) is 3.55. The Bertz CT molecular complexity index is 269. The molecule has 4 nitrogen and oxygen atoms in total. The highest BCUT2D eigenvalue weighted by atomic mass is 16.3. The summed E-state index contributed by atoms with van der Waals surface area (Å²) in [6.45, 7) is -0.0378. The summed E-state index contributed by atoms with van der Waals surface area (Å²) in [5, 5.41) is 8.68. The van der Waals surface area contributed by atoms with Gasteiger partial charge in [0.25, 0.3) is 0 Å². The Hall–Kier alpha value is -1.42. The van der Waals surface area contributed by atoms with Gasteiger partial charge in [0.1, 0.15) is 0 Å². The van der Waals surface area contributed by atoms with Gasteiger partial charge >= 0.3 is 0 Å².